The Hall–Kier alpha value is -3.26. The van der Waals surface area contributed by atoms with Gasteiger partial charge in [0, 0.05) is 19.2 Å². The molecule has 3 amide bonds. The number of carbonyl (C=O) groups excluding carboxylic acids is 3. The summed E-state index contributed by atoms with van der Waals surface area (Å²) >= 11 is 0. The summed E-state index contributed by atoms with van der Waals surface area (Å²) in [6, 6.07) is 10.9. The lowest BCUT2D eigenvalue weighted by molar-refractivity contribution is -0.120. The van der Waals surface area contributed by atoms with Gasteiger partial charge in [-0.1, -0.05) is 12.1 Å². The molecule has 0 bridgehead atoms. The molecule has 1 fully saturated rings. The zero-order chi connectivity index (χ0) is 20.8. The first kappa shape index (κ1) is 20.5. The summed E-state index contributed by atoms with van der Waals surface area (Å²) in [7, 11) is 1.69. The van der Waals surface area contributed by atoms with Crippen molar-refractivity contribution in [2.75, 3.05) is 42.2 Å². The third-order valence-corrected chi connectivity index (χ3v) is 4.55. The number of nitrogens with one attached hydrogen (secondary N) is 2. The van der Waals surface area contributed by atoms with Crippen molar-refractivity contribution in [1.82, 2.24) is 9.88 Å². The predicted molar refractivity (Wildman–Crippen MR) is 112 cm³/mol. The summed E-state index contributed by atoms with van der Waals surface area (Å²) in [5, 5.41) is 5.57. The minimum absolute atomic E-state index is 0.0386. The Bertz CT molecular complexity index is 915. The number of rotatable bonds is 7. The number of pyridine rings is 1. The van der Waals surface area contributed by atoms with Crippen LogP contribution in [0.5, 0.6) is 0 Å². The fourth-order valence-electron chi connectivity index (χ4n) is 3.24. The molecule has 3 rings (SSSR count). The van der Waals surface area contributed by atoms with E-state index in [9.17, 15) is 14.4 Å². The summed E-state index contributed by atoms with van der Waals surface area (Å²) in [6.07, 6.45) is 2.97. The molecule has 2 aromatic rings. The molecule has 1 aromatic carbocycles. The second kappa shape index (κ2) is 9.29. The molecule has 0 atom stereocenters. The van der Waals surface area contributed by atoms with Crippen LogP contribution in [0, 0.1) is 6.92 Å². The van der Waals surface area contributed by atoms with E-state index in [0.29, 0.717) is 30.2 Å². The molecule has 1 aliphatic heterocycles. The van der Waals surface area contributed by atoms with E-state index in [1.807, 2.05) is 31.2 Å². The van der Waals surface area contributed by atoms with Gasteiger partial charge in [-0.05, 0) is 50.2 Å². The number of carbonyl (C=O) groups is 3. The fraction of sp³-hybridized carbons (Fsp3) is 0.333. The molecular weight excluding hydrogens is 370 g/mol. The Balaban J connectivity index is 1.54. The van der Waals surface area contributed by atoms with E-state index in [1.54, 1.807) is 35.2 Å². The Morgan fingerprint density at radius 2 is 1.86 bits per heavy atom. The summed E-state index contributed by atoms with van der Waals surface area (Å²) in [5.41, 5.74) is 2.29. The number of hydrogen-bond donors (Lipinski definition) is 2. The molecule has 1 saturated heterocycles. The standard InChI is InChI=1S/C21H25N5O3/c1-15-9-10-22-18(12-15)24-20(28)14-25(2)13-19(27)23-16-6-3-4-7-17(16)26-11-5-8-21(26)29/h3-4,6-7,9-10,12H,5,8,11,13-14H2,1-2H3,(H,23,27)(H,22,24,28). The van der Waals surface area contributed by atoms with Gasteiger partial charge in [0.2, 0.25) is 17.7 Å². The average molecular weight is 395 g/mol. The molecule has 0 spiro atoms. The van der Waals surface area contributed by atoms with Crippen molar-refractivity contribution < 1.29 is 14.4 Å². The molecule has 0 radical (unpaired) electrons. The third-order valence-electron chi connectivity index (χ3n) is 4.55. The molecule has 8 heteroatoms. The van der Waals surface area contributed by atoms with Gasteiger partial charge >= 0.3 is 0 Å². The number of para-hydroxylation sites is 2. The number of hydrogen-bond acceptors (Lipinski definition) is 5. The summed E-state index contributed by atoms with van der Waals surface area (Å²) in [6.45, 7) is 2.66. The summed E-state index contributed by atoms with van der Waals surface area (Å²) in [4.78, 5) is 44.1. The Morgan fingerprint density at radius 3 is 2.55 bits per heavy atom. The number of aryl methyl sites for hydroxylation is 1. The Labute approximate surface area is 169 Å². The van der Waals surface area contributed by atoms with Gasteiger partial charge in [-0.25, -0.2) is 4.98 Å². The number of nitrogens with zero attached hydrogens (tertiary/aromatic N) is 3. The number of aromatic nitrogens is 1. The summed E-state index contributed by atoms with van der Waals surface area (Å²) < 4.78 is 0. The molecule has 2 heterocycles. The van der Waals surface area contributed by atoms with Crippen LogP contribution in [-0.2, 0) is 14.4 Å². The molecule has 8 nitrogen and oxygen atoms in total. The topological polar surface area (TPSA) is 94.6 Å². The molecule has 1 aromatic heterocycles. The Kier molecular flexibility index (Phi) is 6.56. The highest BCUT2D eigenvalue weighted by atomic mass is 16.2. The number of amides is 3. The minimum atomic E-state index is -0.256. The molecule has 29 heavy (non-hydrogen) atoms. The fourth-order valence-corrected chi connectivity index (χ4v) is 3.24. The van der Waals surface area contributed by atoms with Crippen molar-refractivity contribution in [3.8, 4) is 0 Å². The number of likely N-dealkylation sites (N-methyl/N-ethyl adjacent to an activating group) is 1. The second-order valence-corrected chi connectivity index (χ2v) is 7.15. The summed E-state index contributed by atoms with van der Waals surface area (Å²) in [5.74, 6) is 0.0387. The van der Waals surface area contributed by atoms with Crippen molar-refractivity contribution in [2.45, 2.75) is 19.8 Å². The largest absolute Gasteiger partial charge is 0.323 e. The van der Waals surface area contributed by atoms with Gasteiger partial charge in [-0.2, -0.15) is 0 Å². The van der Waals surface area contributed by atoms with Crippen molar-refractivity contribution in [3.05, 3.63) is 48.2 Å². The molecule has 152 valence electrons. The zero-order valence-corrected chi connectivity index (χ0v) is 16.6. The maximum Gasteiger partial charge on any atom is 0.239 e. The SMILES string of the molecule is Cc1ccnc(NC(=O)CN(C)CC(=O)Nc2ccccc2N2CCCC2=O)c1. The zero-order valence-electron chi connectivity index (χ0n) is 16.6. The lowest BCUT2D eigenvalue weighted by atomic mass is 10.2. The van der Waals surface area contributed by atoms with Crippen LogP contribution in [0.4, 0.5) is 17.2 Å². The average Bonchev–Trinajstić information content (AvgIpc) is 3.07. The van der Waals surface area contributed by atoms with Crippen molar-refractivity contribution in [3.63, 3.8) is 0 Å². The van der Waals surface area contributed by atoms with Gasteiger partial charge in [0.1, 0.15) is 5.82 Å². The van der Waals surface area contributed by atoms with Crippen LogP contribution >= 0.6 is 0 Å². The second-order valence-electron chi connectivity index (χ2n) is 7.15. The number of anilines is 3. The van der Waals surface area contributed by atoms with E-state index in [2.05, 4.69) is 15.6 Å². The highest BCUT2D eigenvalue weighted by molar-refractivity contribution is 6.02. The minimum Gasteiger partial charge on any atom is -0.323 e. The normalized spacial score (nSPS) is 13.6. The molecular formula is C21H25N5O3. The maximum atomic E-state index is 12.5. The predicted octanol–water partition coefficient (Wildman–Crippen LogP) is 2.03. The van der Waals surface area contributed by atoms with Crippen molar-refractivity contribution in [1.29, 1.82) is 0 Å². The van der Waals surface area contributed by atoms with E-state index in [1.165, 1.54) is 0 Å². The van der Waals surface area contributed by atoms with Crippen LogP contribution in [0.3, 0.4) is 0 Å². The molecule has 0 unspecified atom stereocenters. The van der Waals surface area contributed by atoms with Gasteiger partial charge in [-0.15, -0.1) is 0 Å². The van der Waals surface area contributed by atoms with Crippen LogP contribution in [-0.4, -0.2) is 54.3 Å². The van der Waals surface area contributed by atoms with Crippen LogP contribution in [0.2, 0.25) is 0 Å². The smallest absolute Gasteiger partial charge is 0.239 e. The van der Waals surface area contributed by atoms with Gasteiger partial charge in [0.05, 0.1) is 24.5 Å². The quantitative estimate of drug-likeness (QED) is 0.748. The van der Waals surface area contributed by atoms with Crippen molar-refractivity contribution >= 4 is 34.9 Å². The van der Waals surface area contributed by atoms with Gasteiger partial charge in [0.15, 0.2) is 0 Å². The van der Waals surface area contributed by atoms with E-state index >= 15 is 0 Å². The lowest BCUT2D eigenvalue weighted by Gasteiger charge is -2.21. The Morgan fingerprint density at radius 1 is 1.14 bits per heavy atom. The van der Waals surface area contributed by atoms with Gasteiger partial charge in [0.25, 0.3) is 0 Å². The van der Waals surface area contributed by atoms with E-state index in [-0.39, 0.29) is 30.8 Å². The van der Waals surface area contributed by atoms with E-state index < -0.39 is 0 Å². The van der Waals surface area contributed by atoms with Crippen LogP contribution in [0.25, 0.3) is 0 Å². The van der Waals surface area contributed by atoms with Crippen molar-refractivity contribution in [2.24, 2.45) is 0 Å². The molecule has 0 saturated carbocycles. The molecule has 2 N–H and O–H groups in total. The highest BCUT2D eigenvalue weighted by Crippen LogP contribution is 2.29. The van der Waals surface area contributed by atoms with Crippen LogP contribution in [0.1, 0.15) is 18.4 Å². The van der Waals surface area contributed by atoms with Gasteiger partial charge in [-0.3, -0.25) is 19.3 Å². The third kappa shape index (κ3) is 5.61. The highest BCUT2D eigenvalue weighted by Gasteiger charge is 2.24. The van der Waals surface area contributed by atoms with Gasteiger partial charge < -0.3 is 15.5 Å². The van der Waals surface area contributed by atoms with E-state index in [4.69, 9.17) is 0 Å². The van der Waals surface area contributed by atoms with E-state index in [0.717, 1.165) is 12.0 Å². The number of benzene rings is 1. The van der Waals surface area contributed by atoms with Crippen LogP contribution in [0.15, 0.2) is 42.6 Å². The van der Waals surface area contributed by atoms with Crippen LogP contribution < -0.4 is 15.5 Å². The maximum absolute atomic E-state index is 12.5. The first-order valence-electron chi connectivity index (χ1n) is 9.52. The first-order valence-corrected chi connectivity index (χ1v) is 9.52. The monoisotopic (exact) mass is 395 g/mol. The lowest BCUT2D eigenvalue weighted by Crippen LogP contribution is -2.36. The molecule has 0 aliphatic carbocycles. The molecule has 1 aliphatic rings. The first-order chi connectivity index (χ1) is 13.9.